The van der Waals surface area contributed by atoms with Crippen molar-refractivity contribution in [3.05, 3.63) is 28.2 Å². The first-order valence-electron chi connectivity index (χ1n) is 5.08. The van der Waals surface area contributed by atoms with Gasteiger partial charge in [-0.1, -0.05) is 28.9 Å². The van der Waals surface area contributed by atoms with Gasteiger partial charge in [0.1, 0.15) is 0 Å². The molecule has 0 saturated heterocycles. The Kier molecular flexibility index (Phi) is 4.54. The van der Waals surface area contributed by atoms with Gasteiger partial charge in [0.25, 0.3) is 0 Å². The van der Waals surface area contributed by atoms with Crippen LogP contribution in [0.1, 0.15) is 18.9 Å². The lowest BCUT2D eigenvalue weighted by atomic mass is 10.2. The first kappa shape index (κ1) is 14.0. The second-order valence-corrected chi connectivity index (χ2v) is 6.35. The van der Waals surface area contributed by atoms with Crippen molar-refractivity contribution < 1.29 is 8.42 Å². The predicted octanol–water partition coefficient (Wildman–Crippen LogP) is 2.80. The van der Waals surface area contributed by atoms with E-state index in [0.29, 0.717) is 5.69 Å². The number of nitrogens with zero attached hydrogens (tertiary/aromatic N) is 1. The van der Waals surface area contributed by atoms with Gasteiger partial charge >= 0.3 is 0 Å². The van der Waals surface area contributed by atoms with E-state index < -0.39 is 15.3 Å². The Labute approximate surface area is 110 Å². The number of halogens is 1. The summed E-state index contributed by atoms with van der Waals surface area (Å²) in [6.07, 6.45) is 0.263. The van der Waals surface area contributed by atoms with E-state index in [4.69, 9.17) is 5.26 Å². The van der Waals surface area contributed by atoms with Crippen molar-refractivity contribution in [3.63, 3.8) is 0 Å². The molecule has 17 heavy (non-hydrogen) atoms. The molecular weight excluding hydrogens is 304 g/mol. The second kappa shape index (κ2) is 5.52. The van der Waals surface area contributed by atoms with Crippen molar-refractivity contribution in [2.45, 2.75) is 25.5 Å². The van der Waals surface area contributed by atoms with E-state index in [1.165, 1.54) is 0 Å². The van der Waals surface area contributed by atoms with Crippen LogP contribution in [0.15, 0.2) is 22.7 Å². The normalized spacial score (nSPS) is 12.8. The van der Waals surface area contributed by atoms with Gasteiger partial charge in [-0.2, -0.15) is 5.26 Å². The van der Waals surface area contributed by atoms with Gasteiger partial charge < -0.3 is 0 Å². The SMILES string of the molecule is CCC(C#N)S(=O)(=O)Nc1ccc(C)c(Br)c1. The van der Waals surface area contributed by atoms with Gasteiger partial charge in [0.2, 0.25) is 10.0 Å². The van der Waals surface area contributed by atoms with E-state index in [9.17, 15) is 8.42 Å². The average molecular weight is 317 g/mol. The summed E-state index contributed by atoms with van der Waals surface area (Å²) in [7, 11) is -3.64. The van der Waals surface area contributed by atoms with E-state index in [-0.39, 0.29) is 6.42 Å². The predicted molar refractivity (Wildman–Crippen MR) is 71.1 cm³/mol. The molecule has 4 nitrogen and oxygen atoms in total. The first-order chi connectivity index (χ1) is 7.90. The number of benzene rings is 1. The zero-order chi connectivity index (χ0) is 13.1. The first-order valence-corrected chi connectivity index (χ1v) is 7.42. The summed E-state index contributed by atoms with van der Waals surface area (Å²) in [5, 5.41) is 7.73. The lowest BCUT2D eigenvalue weighted by Gasteiger charge is -2.11. The lowest BCUT2D eigenvalue weighted by Crippen LogP contribution is -2.25. The van der Waals surface area contributed by atoms with E-state index in [1.54, 1.807) is 31.2 Å². The fourth-order valence-corrected chi connectivity index (χ4v) is 2.83. The van der Waals surface area contributed by atoms with E-state index in [2.05, 4.69) is 20.7 Å². The molecule has 0 aliphatic carbocycles. The molecule has 0 aliphatic heterocycles. The van der Waals surface area contributed by atoms with Crippen LogP contribution in [0.25, 0.3) is 0 Å². The Morgan fingerprint density at radius 1 is 1.53 bits per heavy atom. The van der Waals surface area contributed by atoms with Crippen LogP contribution in [0.2, 0.25) is 0 Å². The van der Waals surface area contributed by atoms with Crippen molar-refractivity contribution in [2.75, 3.05) is 4.72 Å². The summed E-state index contributed by atoms with van der Waals surface area (Å²) in [5.41, 5.74) is 1.47. The molecule has 0 fully saturated rings. The summed E-state index contributed by atoms with van der Waals surface area (Å²) >= 11 is 3.32. The van der Waals surface area contributed by atoms with Crippen LogP contribution in [-0.4, -0.2) is 13.7 Å². The molecule has 0 bridgehead atoms. The van der Waals surface area contributed by atoms with Gasteiger partial charge in [-0.25, -0.2) is 8.42 Å². The highest BCUT2D eigenvalue weighted by atomic mass is 79.9. The van der Waals surface area contributed by atoms with E-state index in [1.807, 2.05) is 6.92 Å². The number of sulfonamides is 1. The molecule has 1 aromatic carbocycles. The van der Waals surface area contributed by atoms with Gasteiger partial charge in [-0.05, 0) is 31.0 Å². The molecule has 0 amide bonds. The Morgan fingerprint density at radius 3 is 2.65 bits per heavy atom. The standard InChI is InChI=1S/C11H13BrN2O2S/c1-3-10(7-13)17(15,16)14-9-5-4-8(2)11(12)6-9/h4-6,10,14H,3H2,1-2H3. The average Bonchev–Trinajstić information content (AvgIpc) is 2.24. The fourth-order valence-electron chi connectivity index (χ4n) is 1.27. The molecule has 92 valence electrons. The molecule has 1 rings (SSSR count). The minimum absolute atomic E-state index is 0.263. The van der Waals surface area contributed by atoms with Gasteiger partial charge in [-0.3, -0.25) is 4.72 Å². The van der Waals surface area contributed by atoms with Gasteiger partial charge in [0.05, 0.1) is 6.07 Å². The molecule has 0 spiro atoms. The van der Waals surface area contributed by atoms with E-state index >= 15 is 0 Å². The molecular formula is C11H13BrN2O2S. The maximum atomic E-state index is 11.8. The van der Waals surface area contributed by atoms with Crippen LogP contribution < -0.4 is 4.72 Å². The number of nitriles is 1. The molecule has 0 aromatic heterocycles. The lowest BCUT2D eigenvalue weighted by molar-refractivity contribution is 0.593. The highest BCUT2D eigenvalue weighted by molar-refractivity contribution is 9.10. The molecule has 0 radical (unpaired) electrons. The molecule has 0 saturated carbocycles. The minimum Gasteiger partial charge on any atom is -0.282 e. The van der Waals surface area contributed by atoms with Crippen molar-refractivity contribution in [2.24, 2.45) is 0 Å². The third kappa shape index (κ3) is 3.45. The van der Waals surface area contributed by atoms with Crippen LogP contribution in [0.5, 0.6) is 0 Å². The zero-order valence-electron chi connectivity index (χ0n) is 9.57. The monoisotopic (exact) mass is 316 g/mol. The molecule has 0 heterocycles. The Hall–Kier alpha value is -1.06. The summed E-state index contributed by atoms with van der Waals surface area (Å²) in [6.45, 7) is 3.57. The van der Waals surface area contributed by atoms with Crippen molar-refractivity contribution >= 4 is 31.6 Å². The molecule has 6 heteroatoms. The summed E-state index contributed by atoms with van der Waals surface area (Å²) in [4.78, 5) is 0. The summed E-state index contributed by atoms with van der Waals surface area (Å²) in [6, 6.07) is 6.92. The van der Waals surface area contributed by atoms with E-state index in [0.717, 1.165) is 10.0 Å². The van der Waals surface area contributed by atoms with Gasteiger partial charge in [0, 0.05) is 10.2 Å². The van der Waals surface area contributed by atoms with Crippen LogP contribution in [0, 0.1) is 18.3 Å². The summed E-state index contributed by atoms with van der Waals surface area (Å²) in [5.74, 6) is 0. The number of anilines is 1. The van der Waals surface area contributed by atoms with Gasteiger partial charge in [0.15, 0.2) is 5.25 Å². The quantitative estimate of drug-likeness (QED) is 0.928. The molecule has 1 N–H and O–H groups in total. The Bertz CT molecular complexity index is 549. The maximum absolute atomic E-state index is 11.8. The molecule has 1 atom stereocenters. The highest BCUT2D eigenvalue weighted by Crippen LogP contribution is 2.22. The van der Waals surface area contributed by atoms with Crippen molar-refractivity contribution in [1.29, 1.82) is 5.26 Å². The summed E-state index contributed by atoms with van der Waals surface area (Å²) < 4.78 is 26.8. The number of aryl methyl sites for hydroxylation is 1. The number of nitrogens with one attached hydrogen (secondary N) is 1. The third-order valence-corrected chi connectivity index (χ3v) is 4.88. The minimum atomic E-state index is -3.64. The zero-order valence-corrected chi connectivity index (χ0v) is 12.0. The Balaban J connectivity index is 2.99. The topological polar surface area (TPSA) is 70.0 Å². The fraction of sp³-hybridized carbons (Fsp3) is 0.364. The van der Waals surface area contributed by atoms with Crippen LogP contribution >= 0.6 is 15.9 Å². The van der Waals surface area contributed by atoms with Crippen LogP contribution in [-0.2, 0) is 10.0 Å². The molecule has 1 aromatic rings. The smallest absolute Gasteiger partial charge is 0.249 e. The largest absolute Gasteiger partial charge is 0.282 e. The third-order valence-electron chi connectivity index (χ3n) is 2.32. The number of hydrogen-bond acceptors (Lipinski definition) is 3. The van der Waals surface area contributed by atoms with Gasteiger partial charge in [-0.15, -0.1) is 0 Å². The second-order valence-electron chi connectivity index (χ2n) is 3.64. The van der Waals surface area contributed by atoms with Crippen LogP contribution in [0.3, 0.4) is 0 Å². The number of hydrogen-bond donors (Lipinski definition) is 1. The highest BCUT2D eigenvalue weighted by Gasteiger charge is 2.23. The van der Waals surface area contributed by atoms with Crippen molar-refractivity contribution in [3.8, 4) is 6.07 Å². The molecule has 0 aliphatic rings. The molecule has 1 unspecified atom stereocenters. The Morgan fingerprint density at radius 2 is 2.18 bits per heavy atom. The van der Waals surface area contributed by atoms with Crippen molar-refractivity contribution in [1.82, 2.24) is 0 Å². The number of rotatable bonds is 4. The maximum Gasteiger partial charge on any atom is 0.249 e. The van der Waals surface area contributed by atoms with Crippen LogP contribution in [0.4, 0.5) is 5.69 Å².